The first-order chi connectivity index (χ1) is 23.9. The molecule has 12 heteroatoms. The van der Waals surface area contributed by atoms with Crippen molar-refractivity contribution in [3.63, 3.8) is 0 Å². The maximum absolute atomic E-state index is 13.9. The minimum Gasteiger partial charge on any atom is -0.355 e. The average Bonchev–Trinajstić information content (AvgIpc) is 3.56. The van der Waals surface area contributed by atoms with Gasteiger partial charge in [-0.1, -0.05) is 43.2 Å². The van der Waals surface area contributed by atoms with E-state index in [4.69, 9.17) is 5.10 Å². The Balaban J connectivity index is 1.16. The maximum atomic E-state index is 13.9. The molecule has 49 heavy (non-hydrogen) atoms. The summed E-state index contributed by atoms with van der Waals surface area (Å²) < 4.78 is 1.53. The summed E-state index contributed by atoms with van der Waals surface area (Å²) in [6.45, 7) is 3.34. The molecule has 1 aliphatic rings. The molecular weight excluding hydrogens is 620 g/mol. The van der Waals surface area contributed by atoms with Crippen molar-refractivity contribution in [2.75, 3.05) is 18.4 Å². The van der Waals surface area contributed by atoms with E-state index in [9.17, 15) is 19.2 Å². The number of benzene rings is 2. The first-order valence-corrected chi connectivity index (χ1v) is 16.4. The van der Waals surface area contributed by atoms with Gasteiger partial charge in [-0.05, 0) is 65.9 Å². The second kappa shape index (κ2) is 15.3. The highest BCUT2D eigenvalue weighted by Crippen LogP contribution is 2.29. The van der Waals surface area contributed by atoms with Crippen LogP contribution >= 0.6 is 0 Å². The summed E-state index contributed by atoms with van der Waals surface area (Å²) in [4.78, 5) is 60.0. The van der Waals surface area contributed by atoms with Gasteiger partial charge in [0.15, 0.2) is 0 Å². The molecule has 0 fully saturated rings. The number of aromatic nitrogens is 4. The van der Waals surface area contributed by atoms with Crippen LogP contribution in [0.4, 0.5) is 10.5 Å². The molecule has 0 bridgehead atoms. The van der Waals surface area contributed by atoms with Crippen LogP contribution in [0.15, 0.2) is 90.1 Å². The number of anilines is 1. The van der Waals surface area contributed by atoms with E-state index in [0.717, 1.165) is 58.8 Å². The van der Waals surface area contributed by atoms with Gasteiger partial charge in [-0.15, -0.1) is 0 Å². The van der Waals surface area contributed by atoms with E-state index < -0.39 is 0 Å². The molecular formula is C37H38N8O4. The Bertz CT molecular complexity index is 2010. The molecule has 3 N–H and O–H groups in total. The normalized spacial score (nSPS) is 12.1. The summed E-state index contributed by atoms with van der Waals surface area (Å²) in [6, 6.07) is 20.6. The van der Waals surface area contributed by atoms with Crippen LogP contribution in [0, 0.1) is 0 Å². The number of carbonyl (C=O) groups is 3. The Labute approximate surface area is 283 Å². The van der Waals surface area contributed by atoms with E-state index in [1.165, 1.54) is 11.6 Å². The summed E-state index contributed by atoms with van der Waals surface area (Å²) in [6.07, 6.45) is 8.50. The zero-order valence-electron chi connectivity index (χ0n) is 27.3. The lowest BCUT2D eigenvalue weighted by atomic mass is 10.00. The van der Waals surface area contributed by atoms with E-state index in [2.05, 4.69) is 25.9 Å². The number of pyridine rings is 2. The van der Waals surface area contributed by atoms with Gasteiger partial charge in [0.1, 0.15) is 0 Å². The molecule has 250 valence electrons. The lowest BCUT2D eigenvalue weighted by Gasteiger charge is -2.17. The van der Waals surface area contributed by atoms with Crippen molar-refractivity contribution < 1.29 is 14.4 Å². The van der Waals surface area contributed by atoms with Crippen LogP contribution in [0.5, 0.6) is 0 Å². The van der Waals surface area contributed by atoms with Crippen LogP contribution in [0.2, 0.25) is 0 Å². The van der Waals surface area contributed by atoms with E-state index >= 15 is 0 Å². The Morgan fingerprint density at radius 2 is 1.65 bits per heavy atom. The Morgan fingerprint density at radius 1 is 0.837 bits per heavy atom. The third-order valence-corrected chi connectivity index (χ3v) is 8.47. The van der Waals surface area contributed by atoms with Gasteiger partial charge in [0.05, 0.1) is 23.3 Å². The number of carbonyl (C=O) groups excluding carboxylic acids is 3. The number of nitrogens with one attached hydrogen (secondary N) is 3. The van der Waals surface area contributed by atoms with Crippen molar-refractivity contribution in [1.29, 1.82) is 0 Å². The van der Waals surface area contributed by atoms with Crippen LogP contribution in [-0.2, 0) is 29.2 Å². The molecule has 5 aromatic rings. The second-order valence-corrected chi connectivity index (χ2v) is 12.0. The standard InChI is InChI=1S/C37H38N8O4/c1-25(46)41-22-35(47)40-16-4-2-3-5-19-45-36(48)32(30-8-6-10-33-31(30)9-7-17-39-33)20-34(43-45)26-11-13-29(14-12-26)42-37(49)44-23-27-15-18-38-21-28(27)24-44/h6-15,17-18,20-21H,2-5,16,19,22-24H2,1H3,(H,40,47)(H,41,46)(H,42,49). The molecule has 0 aliphatic carbocycles. The number of hydrogen-bond acceptors (Lipinski definition) is 7. The molecule has 0 unspecified atom stereocenters. The SMILES string of the molecule is CC(=O)NCC(=O)NCCCCCCn1nc(-c2ccc(NC(=O)N3Cc4ccncc4C3)cc2)cc(-c2cccc3ncccc23)c1=O. The third kappa shape index (κ3) is 8.15. The third-order valence-electron chi connectivity index (χ3n) is 8.47. The first-order valence-electron chi connectivity index (χ1n) is 16.4. The highest BCUT2D eigenvalue weighted by Gasteiger charge is 2.23. The molecule has 0 saturated heterocycles. The zero-order valence-corrected chi connectivity index (χ0v) is 27.3. The fraction of sp³-hybridized carbons (Fsp3) is 0.270. The van der Waals surface area contributed by atoms with Gasteiger partial charge in [0.2, 0.25) is 11.8 Å². The Morgan fingerprint density at radius 3 is 2.47 bits per heavy atom. The van der Waals surface area contributed by atoms with Gasteiger partial charge in [-0.3, -0.25) is 24.4 Å². The summed E-state index contributed by atoms with van der Waals surface area (Å²) >= 11 is 0. The van der Waals surface area contributed by atoms with Crippen molar-refractivity contribution in [1.82, 2.24) is 35.3 Å². The number of unbranched alkanes of at least 4 members (excludes halogenated alkanes) is 3. The smallest absolute Gasteiger partial charge is 0.322 e. The van der Waals surface area contributed by atoms with E-state index in [1.54, 1.807) is 23.5 Å². The van der Waals surface area contributed by atoms with Crippen LogP contribution in [-0.4, -0.2) is 55.6 Å². The maximum Gasteiger partial charge on any atom is 0.322 e. The molecule has 12 nitrogen and oxygen atoms in total. The number of amides is 4. The number of nitrogens with zero attached hydrogens (tertiary/aromatic N) is 5. The first kappa shape index (κ1) is 33.0. The van der Waals surface area contributed by atoms with Gasteiger partial charge in [0, 0.05) is 68.3 Å². The number of hydrogen-bond donors (Lipinski definition) is 3. The van der Waals surface area contributed by atoms with E-state index in [0.29, 0.717) is 43.1 Å². The van der Waals surface area contributed by atoms with Crippen molar-refractivity contribution in [2.24, 2.45) is 0 Å². The van der Waals surface area contributed by atoms with Crippen molar-refractivity contribution >= 4 is 34.4 Å². The van der Waals surface area contributed by atoms with Gasteiger partial charge >= 0.3 is 6.03 Å². The quantitative estimate of drug-likeness (QED) is 0.162. The Hall–Kier alpha value is -5.91. The molecule has 2 aromatic carbocycles. The number of rotatable bonds is 12. The highest BCUT2D eigenvalue weighted by atomic mass is 16.2. The average molecular weight is 659 g/mol. The number of urea groups is 1. The fourth-order valence-corrected chi connectivity index (χ4v) is 5.89. The van der Waals surface area contributed by atoms with Crippen molar-refractivity contribution in [3.8, 4) is 22.4 Å². The lowest BCUT2D eigenvalue weighted by molar-refractivity contribution is -0.125. The topological polar surface area (TPSA) is 151 Å². The molecule has 6 rings (SSSR count). The molecule has 4 amide bonds. The monoisotopic (exact) mass is 658 g/mol. The number of aryl methyl sites for hydroxylation is 1. The lowest BCUT2D eigenvalue weighted by Crippen LogP contribution is -2.36. The van der Waals surface area contributed by atoms with Crippen molar-refractivity contribution in [3.05, 3.63) is 107 Å². The Kier molecular flexibility index (Phi) is 10.3. The van der Waals surface area contributed by atoms with E-state index in [-0.39, 0.29) is 29.9 Å². The molecule has 0 atom stereocenters. The largest absolute Gasteiger partial charge is 0.355 e. The molecule has 0 spiro atoms. The fourth-order valence-electron chi connectivity index (χ4n) is 5.89. The molecule has 0 saturated carbocycles. The summed E-state index contributed by atoms with van der Waals surface area (Å²) in [7, 11) is 0. The van der Waals surface area contributed by atoms with Gasteiger partial charge in [-0.25, -0.2) is 9.48 Å². The summed E-state index contributed by atoms with van der Waals surface area (Å²) in [5.41, 5.74) is 6.18. The van der Waals surface area contributed by atoms with Crippen molar-refractivity contribution in [2.45, 2.75) is 52.2 Å². The predicted molar refractivity (Wildman–Crippen MR) is 187 cm³/mol. The second-order valence-electron chi connectivity index (χ2n) is 12.0. The highest BCUT2D eigenvalue weighted by molar-refractivity contribution is 5.95. The van der Waals surface area contributed by atoms with Crippen LogP contribution < -0.4 is 21.5 Å². The minimum absolute atomic E-state index is 0.0291. The summed E-state index contributed by atoms with van der Waals surface area (Å²) in [5.74, 6) is -0.461. The molecule has 4 heterocycles. The predicted octanol–water partition coefficient (Wildman–Crippen LogP) is 4.88. The van der Waals surface area contributed by atoms with Crippen LogP contribution in [0.3, 0.4) is 0 Å². The van der Waals surface area contributed by atoms with Gasteiger partial charge in [-0.2, -0.15) is 5.10 Å². The molecule has 3 aromatic heterocycles. The molecule has 1 aliphatic heterocycles. The minimum atomic E-state index is -0.244. The van der Waals surface area contributed by atoms with Crippen LogP contribution in [0.1, 0.15) is 43.7 Å². The molecule has 0 radical (unpaired) electrons. The summed E-state index contributed by atoms with van der Waals surface area (Å²) in [5, 5.41) is 13.9. The number of fused-ring (bicyclic) bond motifs is 2. The van der Waals surface area contributed by atoms with Gasteiger partial charge < -0.3 is 20.9 Å². The van der Waals surface area contributed by atoms with Gasteiger partial charge in [0.25, 0.3) is 5.56 Å². The van der Waals surface area contributed by atoms with E-state index in [1.807, 2.05) is 66.7 Å². The zero-order chi connectivity index (χ0) is 34.2. The van der Waals surface area contributed by atoms with Crippen LogP contribution in [0.25, 0.3) is 33.3 Å².